The molecule has 0 atom stereocenters. The molecule has 0 fully saturated rings. The fourth-order valence-electron chi connectivity index (χ4n) is 1.23. The second kappa shape index (κ2) is 2.82. The number of thiazole rings is 1. The lowest BCUT2D eigenvalue weighted by atomic mass is 10.1. The molecule has 1 aromatic carbocycles. The number of aryl methyl sites for hydroxylation is 2. The summed E-state index contributed by atoms with van der Waals surface area (Å²) in [4.78, 5) is 4.41. The van der Waals surface area contributed by atoms with E-state index < -0.39 is 0 Å². The highest BCUT2D eigenvalue weighted by Gasteiger charge is 2.05. The predicted octanol–water partition coefficient (Wildman–Crippen LogP) is 3.68. The maximum Gasteiger partial charge on any atom is 0.160 e. The average molecular weight is 242 g/mol. The van der Waals surface area contributed by atoms with E-state index in [1.807, 2.05) is 0 Å². The van der Waals surface area contributed by atoms with Crippen LogP contribution in [-0.4, -0.2) is 4.98 Å². The standard InChI is InChI=1S/C9H8BrNS/c1-5-3-4-6(2)8-7(5)11-9(10)12-8/h3-4H,1-2H3. The van der Waals surface area contributed by atoms with Crippen molar-refractivity contribution in [2.75, 3.05) is 0 Å². The van der Waals surface area contributed by atoms with Gasteiger partial charge in [-0.2, -0.15) is 0 Å². The number of benzene rings is 1. The molecule has 0 aliphatic carbocycles. The molecule has 2 rings (SSSR count). The van der Waals surface area contributed by atoms with Gasteiger partial charge < -0.3 is 0 Å². The van der Waals surface area contributed by atoms with E-state index in [4.69, 9.17) is 0 Å². The molecular formula is C9H8BrNS. The summed E-state index contributed by atoms with van der Waals surface area (Å²) < 4.78 is 2.26. The smallest absolute Gasteiger partial charge is 0.160 e. The molecule has 1 heterocycles. The SMILES string of the molecule is Cc1ccc(C)c2sc(Br)nc12. The van der Waals surface area contributed by atoms with Crippen LogP contribution in [0.4, 0.5) is 0 Å². The largest absolute Gasteiger partial charge is 0.229 e. The number of rotatable bonds is 0. The average Bonchev–Trinajstić information content (AvgIpc) is 2.41. The Labute approximate surface area is 83.6 Å². The number of hydrogen-bond acceptors (Lipinski definition) is 2. The molecule has 0 amide bonds. The molecule has 3 heteroatoms. The van der Waals surface area contributed by atoms with Crippen LogP contribution in [0.15, 0.2) is 16.0 Å². The summed E-state index contributed by atoms with van der Waals surface area (Å²) in [6, 6.07) is 4.26. The fraction of sp³-hybridized carbons (Fsp3) is 0.222. The van der Waals surface area contributed by atoms with E-state index in [1.165, 1.54) is 15.8 Å². The van der Waals surface area contributed by atoms with E-state index in [0.29, 0.717) is 0 Å². The van der Waals surface area contributed by atoms with Gasteiger partial charge in [-0.25, -0.2) is 4.98 Å². The van der Waals surface area contributed by atoms with E-state index in [-0.39, 0.29) is 0 Å². The second-order valence-corrected chi connectivity index (χ2v) is 5.12. The maximum absolute atomic E-state index is 4.41. The highest BCUT2D eigenvalue weighted by molar-refractivity contribution is 9.11. The van der Waals surface area contributed by atoms with E-state index in [9.17, 15) is 0 Å². The third kappa shape index (κ3) is 1.17. The minimum atomic E-state index is 0.968. The molecule has 1 nitrogen and oxygen atoms in total. The van der Waals surface area contributed by atoms with Crippen LogP contribution in [0.25, 0.3) is 10.2 Å². The Hall–Kier alpha value is -0.410. The van der Waals surface area contributed by atoms with Crippen LogP contribution in [0.5, 0.6) is 0 Å². The zero-order valence-corrected chi connectivity index (χ0v) is 9.29. The summed E-state index contributed by atoms with van der Waals surface area (Å²) in [6.45, 7) is 4.21. The number of fused-ring (bicyclic) bond motifs is 1. The summed E-state index contributed by atoms with van der Waals surface area (Å²) in [7, 11) is 0. The summed E-state index contributed by atoms with van der Waals surface area (Å²) in [5, 5.41) is 0. The molecule has 12 heavy (non-hydrogen) atoms. The Balaban J connectivity index is 2.93. The number of aromatic nitrogens is 1. The highest BCUT2D eigenvalue weighted by atomic mass is 79.9. The van der Waals surface area contributed by atoms with Crippen LogP contribution in [0.1, 0.15) is 11.1 Å². The van der Waals surface area contributed by atoms with Gasteiger partial charge >= 0.3 is 0 Å². The Morgan fingerprint density at radius 1 is 1.25 bits per heavy atom. The molecule has 0 aliphatic rings. The van der Waals surface area contributed by atoms with Crippen LogP contribution in [-0.2, 0) is 0 Å². The third-order valence-corrected chi connectivity index (χ3v) is 3.56. The molecule has 1 aromatic heterocycles. The first-order valence-electron chi connectivity index (χ1n) is 3.71. The van der Waals surface area contributed by atoms with E-state index in [0.717, 1.165) is 9.43 Å². The van der Waals surface area contributed by atoms with Gasteiger partial charge in [0.05, 0.1) is 10.2 Å². The molecule has 2 aromatic rings. The minimum absolute atomic E-state index is 0.968. The van der Waals surface area contributed by atoms with Crippen molar-refractivity contribution in [1.82, 2.24) is 4.98 Å². The summed E-state index contributed by atoms with van der Waals surface area (Å²) in [6.07, 6.45) is 0. The van der Waals surface area contributed by atoms with E-state index in [2.05, 4.69) is 46.9 Å². The zero-order valence-electron chi connectivity index (χ0n) is 6.89. The molecule has 0 bridgehead atoms. The van der Waals surface area contributed by atoms with Crippen molar-refractivity contribution >= 4 is 37.5 Å². The number of halogens is 1. The highest BCUT2D eigenvalue weighted by Crippen LogP contribution is 2.30. The zero-order chi connectivity index (χ0) is 8.72. The van der Waals surface area contributed by atoms with Crippen molar-refractivity contribution < 1.29 is 0 Å². The van der Waals surface area contributed by atoms with E-state index in [1.54, 1.807) is 11.3 Å². The molecular weight excluding hydrogens is 234 g/mol. The van der Waals surface area contributed by atoms with Gasteiger partial charge in [-0.15, -0.1) is 11.3 Å². The lowest BCUT2D eigenvalue weighted by molar-refractivity contribution is 1.38. The normalized spacial score (nSPS) is 10.9. The van der Waals surface area contributed by atoms with Crippen molar-refractivity contribution in [2.45, 2.75) is 13.8 Å². The monoisotopic (exact) mass is 241 g/mol. The van der Waals surface area contributed by atoms with Gasteiger partial charge in [0.2, 0.25) is 0 Å². The first-order valence-corrected chi connectivity index (χ1v) is 5.31. The van der Waals surface area contributed by atoms with E-state index >= 15 is 0 Å². The van der Waals surface area contributed by atoms with Crippen molar-refractivity contribution in [3.05, 3.63) is 27.2 Å². The van der Waals surface area contributed by atoms with Gasteiger partial charge in [0.1, 0.15) is 0 Å². The predicted molar refractivity (Wildman–Crippen MR) is 56.8 cm³/mol. The van der Waals surface area contributed by atoms with Crippen LogP contribution >= 0.6 is 27.3 Å². The van der Waals surface area contributed by atoms with Gasteiger partial charge in [0, 0.05) is 0 Å². The molecule has 0 N–H and O–H groups in total. The lowest BCUT2D eigenvalue weighted by Crippen LogP contribution is -1.78. The van der Waals surface area contributed by atoms with Crippen molar-refractivity contribution in [3.63, 3.8) is 0 Å². The van der Waals surface area contributed by atoms with Crippen molar-refractivity contribution in [1.29, 1.82) is 0 Å². The molecule has 0 saturated carbocycles. The lowest BCUT2D eigenvalue weighted by Gasteiger charge is -1.96. The molecule has 0 aliphatic heterocycles. The molecule has 0 spiro atoms. The molecule has 0 saturated heterocycles. The van der Waals surface area contributed by atoms with Gasteiger partial charge in [-0.05, 0) is 40.9 Å². The van der Waals surface area contributed by atoms with Gasteiger partial charge in [-0.1, -0.05) is 12.1 Å². The molecule has 0 unspecified atom stereocenters. The van der Waals surface area contributed by atoms with Crippen LogP contribution < -0.4 is 0 Å². The fourth-order valence-corrected chi connectivity index (χ4v) is 2.73. The number of nitrogens with zero attached hydrogens (tertiary/aromatic N) is 1. The van der Waals surface area contributed by atoms with Crippen LogP contribution in [0, 0.1) is 13.8 Å². The van der Waals surface area contributed by atoms with Crippen molar-refractivity contribution in [2.24, 2.45) is 0 Å². The Bertz CT molecular complexity index is 394. The first kappa shape index (κ1) is 8.20. The van der Waals surface area contributed by atoms with Gasteiger partial charge in [-0.3, -0.25) is 0 Å². The van der Waals surface area contributed by atoms with Crippen molar-refractivity contribution in [3.8, 4) is 0 Å². The van der Waals surface area contributed by atoms with Gasteiger partial charge in [0.15, 0.2) is 3.92 Å². The summed E-state index contributed by atoms with van der Waals surface area (Å²) in [5.41, 5.74) is 3.68. The second-order valence-electron chi connectivity index (χ2n) is 2.84. The minimum Gasteiger partial charge on any atom is -0.229 e. The maximum atomic E-state index is 4.41. The quantitative estimate of drug-likeness (QED) is 0.686. The molecule has 0 radical (unpaired) electrons. The summed E-state index contributed by atoms with van der Waals surface area (Å²) in [5.74, 6) is 0. The first-order chi connectivity index (χ1) is 5.68. The summed E-state index contributed by atoms with van der Waals surface area (Å²) >= 11 is 5.10. The Kier molecular flexibility index (Phi) is 1.93. The molecule has 62 valence electrons. The van der Waals surface area contributed by atoms with Crippen LogP contribution in [0.2, 0.25) is 0 Å². The number of hydrogen-bond donors (Lipinski definition) is 0. The Morgan fingerprint density at radius 3 is 2.58 bits per heavy atom. The topological polar surface area (TPSA) is 12.9 Å². The third-order valence-electron chi connectivity index (χ3n) is 1.92. The van der Waals surface area contributed by atoms with Gasteiger partial charge in [0.25, 0.3) is 0 Å². The Morgan fingerprint density at radius 2 is 1.92 bits per heavy atom. The van der Waals surface area contributed by atoms with Crippen LogP contribution in [0.3, 0.4) is 0 Å².